The van der Waals surface area contributed by atoms with Crippen molar-refractivity contribution in [3.8, 4) is 0 Å². The minimum Gasteiger partial charge on any atom is -0.424 e. The van der Waals surface area contributed by atoms with Crippen LogP contribution in [0.3, 0.4) is 0 Å². The first-order valence-electron chi connectivity index (χ1n) is 11.6. The van der Waals surface area contributed by atoms with Crippen LogP contribution < -0.4 is 0 Å². The fraction of sp³-hybridized carbons (Fsp3) is 0.609. The van der Waals surface area contributed by atoms with E-state index in [1.54, 1.807) is 19.1 Å². The lowest BCUT2D eigenvalue weighted by Gasteiger charge is -2.54. The maximum atomic E-state index is 13.6. The van der Waals surface area contributed by atoms with Gasteiger partial charge in [-0.25, -0.2) is 0 Å². The summed E-state index contributed by atoms with van der Waals surface area (Å²) >= 11 is 12.3. The number of amides is 1. The number of carbonyl (C=O) groups excluding carboxylic acids is 1. The number of rotatable bonds is 5. The van der Waals surface area contributed by atoms with Crippen LogP contribution in [0.25, 0.3) is 0 Å². The lowest BCUT2D eigenvalue weighted by molar-refractivity contribution is -0.153. The number of aromatic nitrogens is 2. The Morgan fingerprint density at radius 1 is 1.06 bits per heavy atom. The van der Waals surface area contributed by atoms with Gasteiger partial charge in [0.25, 0.3) is 0 Å². The Bertz CT molecular complexity index is 996. The van der Waals surface area contributed by atoms with Gasteiger partial charge in [-0.1, -0.05) is 29.3 Å². The molecule has 178 valence electrons. The number of benzene rings is 1. The Hall–Kier alpha value is -1.71. The number of hydrogen-bond acceptors (Lipinski definition) is 7. The van der Waals surface area contributed by atoms with Crippen molar-refractivity contribution in [2.45, 2.75) is 50.9 Å². The summed E-state index contributed by atoms with van der Waals surface area (Å²) in [7, 11) is 0. The van der Waals surface area contributed by atoms with Gasteiger partial charge in [0, 0.05) is 20.0 Å². The molecule has 8 nitrogen and oxygen atoms in total. The first kappa shape index (κ1) is 23.1. The molecule has 2 aromatic rings. The van der Waals surface area contributed by atoms with E-state index in [4.69, 9.17) is 32.4 Å². The van der Waals surface area contributed by atoms with Gasteiger partial charge in [-0.3, -0.25) is 14.6 Å². The van der Waals surface area contributed by atoms with Crippen molar-refractivity contribution in [3.05, 3.63) is 45.6 Å². The van der Waals surface area contributed by atoms with Gasteiger partial charge in [0.1, 0.15) is 0 Å². The third-order valence-corrected chi connectivity index (χ3v) is 7.74. The molecule has 0 saturated carbocycles. The summed E-state index contributed by atoms with van der Waals surface area (Å²) in [6, 6.07) is 5.71. The number of halogens is 2. The number of carbonyl (C=O) groups is 1. The van der Waals surface area contributed by atoms with Gasteiger partial charge in [0.05, 0.1) is 54.4 Å². The Morgan fingerprint density at radius 3 is 2.58 bits per heavy atom. The highest BCUT2D eigenvalue weighted by molar-refractivity contribution is 6.42. The number of nitrogens with zero attached hydrogens (tertiary/aromatic N) is 5. The highest BCUT2D eigenvalue weighted by atomic mass is 35.5. The maximum absolute atomic E-state index is 13.6. The number of ether oxygens (including phenoxy) is 1. The number of piperazine rings is 1. The predicted molar refractivity (Wildman–Crippen MR) is 124 cm³/mol. The van der Waals surface area contributed by atoms with Crippen molar-refractivity contribution in [2.24, 2.45) is 0 Å². The molecule has 3 aliphatic heterocycles. The molecule has 3 aliphatic rings. The van der Waals surface area contributed by atoms with Gasteiger partial charge in [0.15, 0.2) is 0 Å². The van der Waals surface area contributed by atoms with Gasteiger partial charge in [0.2, 0.25) is 17.7 Å². The molecular formula is C23H29Cl2N5O3. The van der Waals surface area contributed by atoms with E-state index in [1.165, 1.54) is 12.8 Å². The summed E-state index contributed by atoms with van der Waals surface area (Å²) in [6.07, 6.45) is 2.68. The molecule has 0 aliphatic carbocycles. The van der Waals surface area contributed by atoms with Crippen LogP contribution in [0, 0.1) is 6.92 Å². The maximum Gasteiger partial charge on any atom is 0.230 e. The van der Waals surface area contributed by atoms with E-state index < -0.39 is 0 Å². The normalized spacial score (nSPS) is 26.5. The average Bonchev–Trinajstić information content (AvgIpc) is 3.48. The summed E-state index contributed by atoms with van der Waals surface area (Å²) < 4.78 is 11.7. The van der Waals surface area contributed by atoms with Crippen molar-refractivity contribution >= 4 is 29.1 Å². The van der Waals surface area contributed by atoms with Gasteiger partial charge in [-0.2, -0.15) is 0 Å². The van der Waals surface area contributed by atoms with Gasteiger partial charge in [-0.15, -0.1) is 10.2 Å². The van der Waals surface area contributed by atoms with E-state index in [2.05, 4.69) is 24.9 Å². The molecule has 3 atom stereocenters. The van der Waals surface area contributed by atoms with Crippen LogP contribution in [0.1, 0.15) is 30.2 Å². The summed E-state index contributed by atoms with van der Waals surface area (Å²) in [5, 5.41) is 9.13. The molecule has 1 amide bonds. The Labute approximate surface area is 203 Å². The van der Waals surface area contributed by atoms with Crippen molar-refractivity contribution in [1.29, 1.82) is 0 Å². The van der Waals surface area contributed by atoms with Gasteiger partial charge < -0.3 is 14.1 Å². The highest BCUT2D eigenvalue weighted by Gasteiger charge is 2.48. The standard InChI is InChI=1S/C23H29Cl2N5O3/c1-15-26-27-21(33-15)12-29-8-9-30(22(31)11-16-4-5-17(24)18(25)10-16)23-19(13-32-14-20(23)29)28-6-2-3-7-28/h4-5,10,19-20,23H,2-3,6-9,11-14H2,1H3/t19?,20?,23-/m1/s1. The molecule has 0 N–H and O–H groups in total. The van der Waals surface area contributed by atoms with Crippen LogP contribution in [-0.4, -0.2) is 88.3 Å². The minimum absolute atomic E-state index is 0.0462. The molecule has 33 heavy (non-hydrogen) atoms. The van der Waals surface area contributed by atoms with E-state index in [-0.39, 0.29) is 24.0 Å². The molecule has 0 bridgehead atoms. The summed E-state index contributed by atoms with van der Waals surface area (Å²) in [4.78, 5) is 20.5. The second-order valence-corrected chi connectivity index (χ2v) is 9.92. The van der Waals surface area contributed by atoms with Crippen molar-refractivity contribution in [2.75, 3.05) is 39.4 Å². The van der Waals surface area contributed by atoms with Crippen LogP contribution >= 0.6 is 23.2 Å². The van der Waals surface area contributed by atoms with E-state index in [0.29, 0.717) is 54.6 Å². The van der Waals surface area contributed by atoms with E-state index in [1.807, 2.05) is 6.07 Å². The lowest BCUT2D eigenvalue weighted by atomic mass is 9.91. The quantitative estimate of drug-likeness (QED) is 0.633. The summed E-state index contributed by atoms with van der Waals surface area (Å²) in [5.74, 6) is 1.28. The monoisotopic (exact) mass is 493 g/mol. The molecule has 2 unspecified atom stereocenters. The van der Waals surface area contributed by atoms with Gasteiger partial charge >= 0.3 is 0 Å². The molecule has 10 heteroatoms. The van der Waals surface area contributed by atoms with Crippen molar-refractivity contribution < 1.29 is 13.9 Å². The zero-order valence-corrected chi connectivity index (χ0v) is 20.3. The largest absolute Gasteiger partial charge is 0.424 e. The molecule has 0 radical (unpaired) electrons. The number of likely N-dealkylation sites (tertiary alicyclic amines) is 1. The number of fused-ring (bicyclic) bond motifs is 1. The third-order valence-electron chi connectivity index (χ3n) is 7.00. The van der Waals surface area contributed by atoms with E-state index >= 15 is 0 Å². The second kappa shape index (κ2) is 9.88. The van der Waals surface area contributed by atoms with E-state index in [9.17, 15) is 4.79 Å². The summed E-state index contributed by atoms with van der Waals surface area (Å²) in [6.45, 7) is 7.07. The molecule has 1 aromatic carbocycles. The van der Waals surface area contributed by atoms with Crippen molar-refractivity contribution in [1.82, 2.24) is 24.9 Å². The molecule has 4 heterocycles. The molecule has 0 spiro atoms. The molecule has 3 fully saturated rings. The van der Waals surface area contributed by atoms with Crippen LogP contribution in [0.2, 0.25) is 10.0 Å². The van der Waals surface area contributed by atoms with Crippen LogP contribution in [0.15, 0.2) is 22.6 Å². The van der Waals surface area contributed by atoms with Crippen LogP contribution in [0.5, 0.6) is 0 Å². The van der Waals surface area contributed by atoms with Crippen LogP contribution in [-0.2, 0) is 22.5 Å². The summed E-state index contributed by atoms with van der Waals surface area (Å²) in [5.41, 5.74) is 0.875. The predicted octanol–water partition coefficient (Wildman–Crippen LogP) is 2.80. The minimum atomic E-state index is 0.0462. The topological polar surface area (TPSA) is 74.9 Å². The fourth-order valence-electron chi connectivity index (χ4n) is 5.43. The first-order valence-corrected chi connectivity index (χ1v) is 12.3. The molecule has 5 rings (SSSR count). The molecular weight excluding hydrogens is 465 g/mol. The van der Waals surface area contributed by atoms with Gasteiger partial charge in [-0.05, 0) is 43.6 Å². The number of hydrogen-bond donors (Lipinski definition) is 0. The first-order chi connectivity index (χ1) is 16.0. The Kier molecular flexibility index (Phi) is 6.90. The smallest absolute Gasteiger partial charge is 0.230 e. The zero-order chi connectivity index (χ0) is 22.9. The SMILES string of the molecule is Cc1nnc(CN2CCN(C(=O)Cc3ccc(Cl)c(Cl)c3)[C@@H]3C(N4CCCC4)COCC32)o1. The zero-order valence-electron chi connectivity index (χ0n) is 18.8. The Morgan fingerprint density at radius 2 is 1.85 bits per heavy atom. The fourth-order valence-corrected chi connectivity index (χ4v) is 5.75. The molecule has 3 saturated heterocycles. The number of aryl methyl sites for hydroxylation is 1. The lowest BCUT2D eigenvalue weighted by Crippen LogP contribution is -2.71. The van der Waals surface area contributed by atoms with Crippen LogP contribution in [0.4, 0.5) is 0 Å². The van der Waals surface area contributed by atoms with E-state index in [0.717, 1.165) is 25.2 Å². The highest BCUT2D eigenvalue weighted by Crippen LogP contribution is 2.31. The van der Waals surface area contributed by atoms with Crippen molar-refractivity contribution in [3.63, 3.8) is 0 Å². The average molecular weight is 494 g/mol. The second-order valence-electron chi connectivity index (χ2n) is 9.10. The molecule has 1 aromatic heterocycles. The third kappa shape index (κ3) is 4.91. The Balaban J connectivity index is 1.39.